The number of nitrogens with one attached hydrogen (secondary N) is 1. The summed E-state index contributed by atoms with van der Waals surface area (Å²) in [5.41, 5.74) is 0. The van der Waals surface area contributed by atoms with Gasteiger partial charge in [-0.25, -0.2) is 13.4 Å². The van der Waals surface area contributed by atoms with Crippen LogP contribution in [0.1, 0.15) is 25.5 Å². The molecule has 136 valence electrons. The van der Waals surface area contributed by atoms with Crippen LogP contribution in [0.3, 0.4) is 0 Å². The predicted octanol–water partition coefficient (Wildman–Crippen LogP) is 1.24. The van der Waals surface area contributed by atoms with E-state index < -0.39 is 15.9 Å². The quantitative estimate of drug-likeness (QED) is 0.851. The highest BCUT2D eigenvalue weighted by Crippen LogP contribution is 2.24. The SMILES string of the molecule is CCn1cnc(S(=O)(=O)N2CCCC(C(=O)Nc3cc(C)on3)C2)c1. The number of imidazole rings is 1. The number of hydrogen-bond acceptors (Lipinski definition) is 6. The third-order valence-corrected chi connectivity index (χ3v) is 5.96. The van der Waals surface area contributed by atoms with E-state index >= 15 is 0 Å². The standard InChI is InChI=1S/C15H21N5O4S/c1-3-19-9-14(16-10-19)25(22,23)20-6-4-5-12(8-20)15(21)17-13-7-11(2)24-18-13/h7,9-10,12H,3-6,8H2,1-2H3,(H,17,18,21). The van der Waals surface area contributed by atoms with Crippen LogP contribution in [0.5, 0.6) is 0 Å². The molecule has 1 saturated heterocycles. The lowest BCUT2D eigenvalue weighted by Gasteiger charge is -2.30. The zero-order valence-electron chi connectivity index (χ0n) is 14.2. The van der Waals surface area contributed by atoms with Gasteiger partial charge < -0.3 is 14.4 Å². The van der Waals surface area contributed by atoms with E-state index in [1.54, 1.807) is 17.6 Å². The predicted molar refractivity (Wildman–Crippen MR) is 89.3 cm³/mol. The molecule has 2 aromatic rings. The van der Waals surface area contributed by atoms with E-state index in [2.05, 4.69) is 15.5 Å². The minimum Gasteiger partial charge on any atom is -0.360 e. The van der Waals surface area contributed by atoms with Gasteiger partial charge in [0, 0.05) is 31.9 Å². The van der Waals surface area contributed by atoms with Crippen molar-refractivity contribution in [2.24, 2.45) is 5.92 Å². The molecule has 0 aromatic carbocycles. The van der Waals surface area contributed by atoms with Crippen LogP contribution in [0, 0.1) is 12.8 Å². The molecule has 3 heterocycles. The Hall–Kier alpha value is -2.20. The number of anilines is 1. The van der Waals surface area contributed by atoms with Gasteiger partial charge in [0.2, 0.25) is 5.91 Å². The molecule has 1 fully saturated rings. The summed E-state index contributed by atoms with van der Waals surface area (Å²) in [6, 6.07) is 1.62. The smallest absolute Gasteiger partial charge is 0.262 e. The first-order valence-electron chi connectivity index (χ1n) is 8.16. The molecule has 1 N–H and O–H groups in total. The molecule has 3 rings (SSSR count). The number of nitrogens with zero attached hydrogens (tertiary/aromatic N) is 4. The molecule has 0 radical (unpaired) electrons. The van der Waals surface area contributed by atoms with Crippen LogP contribution >= 0.6 is 0 Å². The van der Waals surface area contributed by atoms with Crippen LogP contribution in [-0.4, -0.2) is 46.4 Å². The van der Waals surface area contributed by atoms with Gasteiger partial charge in [0.05, 0.1) is 12.2 Å². The van der Waals surface area contributed by atoms with E-state index in [0.29, 0.717) is 37.5 Å². The molecule has 1 atom stereocenters. The Morgan fingerprint density at radius 3 is 2.92 bits per heavy atom. The van der Waals surface area contributed by atoms with E-state index in [-0.39, 0.29) is 17.5 Å². The van der Waals surface area contributed by atoms with Crippen molar-refractivity contribution in [3.63, 3.8) is 0 Å². The Kier molecular flexibility index (Phi) is 4.91. The van der Waals surface area contributed by atoms with Crippen molar-refractivity contribution in [1.82, 2.24) is 19.0 Å². The molecule has 1 aliphatic heterocycles. The van der Waals surface area contributed by atoms with Crippen molar-refractivity contribution in [3.05, 3.63) is 24.4 Å². The van der Waals surface area contributed by atoms with E-state index in [0.717, 1.165) is 0 Å². The van der Waals surface area contributed by atoms with Crippen molar-refractivity contribution in [1.29, 1.82) is 0 Å². The summed E-state index contributed by atoms with van der Waals surface area (Å²) in [5, 5.41) is 6.42. The lowest BCUT2D eigenvalue weighted by Crippen LogP contribution is -2.43. The molecule has 9 nitrogen and oxygen atoms in total. The topological polar surface area (TPSA) is 110 Å². The lowest BCUT2D eigenvalue weighted by molar-refractivity contribution is -0.120. The van der Waals surface area contributed by atoms with Crippen molar-refractivity contribution < 1.29 is 17.7 Å². The first-order valence-corrected chi connectivity index (χ1v) is 9.60. The van der Waals surface area contributed by atoms with Crippen molar-refractivity contribution in [3.8, 4) is 0 Å². The molecular weight excluding hydrogens is 346 g/mol. The summed E-state index contributed by atoms with van der Waals surface area (Å²) in [6.07, 6.45) is 4.24. The summed E-state index contributed by atoms with van der Waals surface area (Å²) >= 11 is 0. The van der Waals surface area contributed by atoms with Gasteiger partial charge in [-0.15, -0.1) is 0 Å². The zero-order chi connectivity index (χ0) is 18.0. The summed E-state index contributed by atoms with van der Waals surface area (Å²) in [7, 11) is -3.70. The number of piperidine rings is 1. The highest BCUT2D eigenvalue weighted by molar-refractivity contribution is 7.89. The Morgan fingerprint density at radius 2 is 2.28 bits per heavy atom. The second-order valence-electron chi connectivity index (χ2n) is 6.06. The third-order valence-electron chi connectivity index (χ3n) is 4.21. The van der Waals surface area contributed by atoms with Gasteiger partial charge in [-0.1, -0.05) is 5.16 Å². The van der Waals surface area contributed by atoms with Crippen LogP contribution in [0.2, 0.25) is 0 Å². The van der Waals surface area contributed by atoms with Crippen molar-refractivity contribution in [2.45, 2.75) is 38.3 Å². The monoisotopic (exact) mass is 367 g/mol. The van der Waals surface area contributed by atoms with Gasteiger partial charge in [-0.2, -0.15) is 4.31 Å². The van der Waals surface area contributed by atoms with Gasteiger partial charge >= 0.3 is 0 Å². The fourth-order valence-electron chi connectivity index (χ4n) is 2.81. The fourth-order valence-corrected chi connectivity index (χ4v) is 4.27. The van der Waals surface area contributed by atoms with E-state index in [1.165, 1.54) is 16.8 Å². The van der Waals surface area contributed by atoms with Crippen LogP contribution in [-0.2, 0) is 21.4 Å². The first kappa shape index (κ1) is 17.6. The van der Waals surface area contributed by atoms with Crippen molar-refractivity contribution in [2.75, 3.05) is 18.4 Å². The summed E-state index contributed by atoms with van der Waals surface area (Å²) in [4.78, 5) is 16.4. The summed E-state index contributed by atoms with van der Waals surface area (Å²) in [6.45, 7) is 4.79. The number of carbonyl (C=O) groups excluding carboxylic acids is 1. The van der Waals surface area contributed by atoms with Gasteiger partial charge in [0.1, 0.15) is 5.76 Å². The third kappa shape index (κ3) is 3.74. The lowest BCUT2D eigenvalue weighted by atomic mass is 9.99. The number of hydrogen-bond donors (Lipinski definition) is 1. The van der Waals surface area contributed by atoms with Crippen LogP contribution in [0.25, 0.3) is 0 Å². The average Bonchev–Trinajstić information content (AvgIpc) is 3.24. The van der Waals surface area contributed by atoms with Gasteiger partial charge in [0.15, 0.2) is 10.8 Å². The number of rotatable bonds is 5. The minimum atomic E-state index is -3.70. The molecule has 10 heteroatoms. The zero-order valence-corrected chi connectivity index (χ0v) is 15.0. The second-order valence-corrected chi connectivity index (χ2v) is 7.94. The Labute approximate surface area is 146 Å². The molecule has 1 amide bonds. The molecule has 25 heavy (non-hydrogen) atoms. The maximum atomic E-state index is 12.7. The average molecular weight is 367 g/mol. The highest BCUT2D eigenvalue weighted by Gasteiger charge is 2.34. The number of amides is 1. The normalized spacial score (nSPS) is 19.0. The van der Waals surface area contributed by atoms with Crippen LogP contribution in [0.15, 0.2) is 28.1 Å². The van der Waals surface area contributed by atoms with Crippen LogP contribution in [0.4, 0.5) is 5.82 Å². The maximum Gasteiger partial charge on any atom is 0.262 e. The highest BCUT2D eigenvalue weighted by atomic mass is 32.2. The molecule has 0 bridgehead atoms. The second kappa shape index (κ2) is 6.96. The molecule has 0 saturated carbocycles. The Morgan fingerprint density at radius 1 is 1.48 bits per heavy atom. The van der Waals surface area contributed by atoms with Crippen molar-refractivity contribution >= 4 is 21.7 Å². The van der Waals surface area contributed by atoms with Gasteiger partial charge in [-0.05, 0) is 26.7 Å². The fraction of sp³-hybridized carbons (Fsp3) is 0.533. The molecule has 1 aliphatic rings. The van der Waals surface area contributed by atoms with Crippen LogP contribution < -0.4 is 5.32 Å². The molecule has 0 aliphatic carbocycles. The number of aromatic nitrogens is 3. The van der Waals surface area contributed by atoms with E-state index in [1.807, 2.05) is 6.92 Å². The Balaban J connectivity index is 1.70. The molecule has 1 unspecified atom stereocenters. The van der Waals surface area contributed by atoms with Gasteiger partial charge in [0.25, 0.3) is 10.0 Å². The Bertz CT molecular complexity index is 857. The summed E-state index contributed by atoms with van der Waals surface area (Å²) < 4.78 is 33.4. The number of sulfonamides is 1. The number of carbonyl (C=O) groups is 1. The van der Waals surface area contributed by atoms with E-state index in [4.69, 9.17) is 4.52 Å². The summed E-state index contributed by atoms with van der Waals surface area (Å²) in [5.74, 6) is 0.236. The maximum absolute atomic E-state index is 12.7. The number of aryl methyl sites for hydroxylation is 2. The minimum absolute atomic E-state index is 0.0162. The molecule has 0 spiro atoms. The van der Waals surface area contributed by atoms with E-state index in [9.17, 15) is 13.2 Å². The largest absolute Gasteiger partial charge is 0.360 e. The first-order chi connectivity index (χ1) is 11.9. The molecular formula is C15H21N5O4S. The van der Waals surface area contributed by atoms with Gasteiger partial charge in [-0.3, -0.25) is 4.79 Å². The molecule has 2 aromatic heterocycles.